The van der Waals surface area contributed by atoms with Crippen LogP contribution in [0.5, 0.6) is 0 Å². The summed E-state index contributed by atoms with van der Waals surface area (Å²) < 4.78 is 0. The van der Waals surface area contributed by atoms with Crippen LogP contribution in [0.4, 0.5) is 0 Å². The molecular formula is C15H21ClN2O. The van der Waals surface area contributed by atoms with Gasteiger partial charge in [0.15, 0.2) is 0 Å². The zero-order valence-electron chi connectivity index (χ0n) is 10.9. The molecule has 0 heterocycles. The Kier molecular flexibility index (Phi) is 4.48. The van der Waals surface area contributed by atoms with Crippen molar-refractivity contribution in [2.45, 2.75) is 43.7 Å². The largest absolute Gasteiger partial charge is 0.352 e. The van der Waals surface area contributed by atoms with Gasteiger partial charge in [-0.15, -0.1) is 12.4 Å². The molecule has 3 nitrogen and oxygen atoms in total. The van der Waals surface area contributed by atoms with E-state index >= 15 is 0 Å². The Hall–Kier alpha value is -1.06. The highest BCUT2D eigenvalue weighted by Gasteiger charge is 2.41. The van der Waals surface area contributed by atoms with Gasteiger partial charge in [0.2, 0.25) is 5.91 Å². The van der Waals surface area contributed by atoms with E-state index in [-0.39, 0.29) is 30.3 Å². The lowest BCUT2D eigenvalue weighted by molar-refractivity contribution is -0.125. The maximum Gasteiger partial charge on any atom is 0.223 e. The average molecular weight is 281 g/mol. The quantitative estimate of drug-likeness (QED) is 0.892. The van der Waals surface area contributed by atoms with Crippen molar-refractivity contribution in [3.8, 4) is 0 Å². The van der Waals surface area contributed by atoms with Gasteiger partial charge in [0.05, 0.1) is 0 Å². The molecule has 0 saturated heterocycles. The molecule has 104 valence electrons. The summed E-state index contributed by atoms with van der Waals surface area (Å²) in [6, 6.07) is 11.0. The molecular weight excluding hydrogens is 260 g/mol. The van der Waals surface area contributed by atoms with Crippen LogP contribution in [0.2, 0.25) is 0 Å². The molecule has 2 aliphatic carbocycles. The average Bonchev–Trinajstić information content (AvgIpc) is 3.01. The number of halogens is 1. The summed E-state index contributed by atoms with van der Waals surface area (Å²) in [4.78, 5) is 12.1. The summed E-state index contributed by atoms with van der Waals surface area (Å²) in [5.74, 6) is 0.883. The minimum atomic E-state index is 0. The summed E-state index contributed by atoms with van der Waals surface area (Å²) >= 11 is 0. The standard InChI is InChI=1S/C15H20N2O.ClH/c16-12-7-6-11(8-12)15(18)17-14-9-13(14)10-4-2-1-3-5-10;/h1-5,11-14H,6-9,16H2,(H,17,18);1H. The molecule has 0 spiro atoms. The molecule has 4 atom stereocenters. The van der Waals surface area contributed by atoms with E-state index in [9.17, 15) is 4.79 Å². The summed E-state index contributed by atoms with van der Waals surface area (Å²) in [6.07, 6.45) is 3.88. The molecule has 19 heavy (non-hydrogen) atoms. The first kappa shape index (κ1) is 14.4. The van der Waals surface area contributed by atoms with Crippen LogP contribution in [0.15, 0.2) is 30.3 Å². The Balaban J connectivity index is 0.00000133. The molecule has 2 saturated carbocycles. The van der Waals surface area contributed by atoms with Gasteiger partial charge in [-0.3, -0.25) is 4.79 Å². The molecule has 3 rings (SSSR count). The SMILES string of the molecule is Cl.NC1CCC(C(=O)NC2CC2c2ccccc2)C1. The number of nitrogens with two attached hydrogens (primary N) is 1. The third-order valence-electron chi connectivity index (χ3n) is 4.19. The maximum absolute atomic E-state index is 12.1. The van der Waals surface area contributed by atoms with Crippen LogP contribution in [-0.2, 0) is 4.79 Å². The van der Waals surface area contributed by atoms with E-state index in [1.165, 1.54) is 5.56 Å². The van der Waals surface area contributed by atoms with Crippen LogP contribution in [0.3, 0.4) is 0 Å². The molecule has 4 unspecified atom stereocenters. The summed E-state index contributed by atoms with van der Waals surface area (Å²) in [5, 5.41) is 3.17. The van der Waals surface area contributed by atoms with Gasteiger partial charge in [-0.1, -0.05) is 30.3 Å². The monoisotopic (exact) mass is 280 g/mol. The Bertz CT molecular complexity index is 437. The van der Waals surface area contributed by atoms with Crippen molar-refractivity contribution in [3.05, 3.63) is 35.9 Å². The lowest BCUT2D eigenvalue weighted by Crippen LogP contribution is -2.32. The molecule has 0 aromatic heterocycles. The minimum Gasteiger partial charge on any atom is -0.352 e. The van der Waals surface area contributed by atoms with Crippen molar-refractivity contribution in [1.29, 1.82) is 0 Å². The van der Waals surface area contributed by atoms with Gasteiger partial charge in [0.1, 0.15) is 0 Å². The molecule has 0 aliphatic heterocycles. The first-order valence-electron chi connectivity index (χ1n) is 6.85. The van der Waals surface area contributed by atoms with E-state index in [4.69, 9.17) is 5.73 Å². The lowest BCUT2D eigenvalue weighted by atomic mass is 10.1. The highest BCUT2D eigenvalue weighted by molar-refractivity contribution is 5.85. The van der Waals surface area contributed by atoms with Crippen molar-refractivity contribution in [2.75, 3.05) is 0 Å². The third kappa shape index (κ3) is 3.28. The Morgan fingerprint density at radius 3 is 2.53 bits per heavy atom. The molecule has 2 aliphatic rings. The van der Waals surface area contributed by atoms with Gasteiger partial charge in [0.25, 0.3) is 0 Å². The predicted octanol–water partition coefficient (Wildman–Crippen LogP) is 2.21. The number of carbonyl (C=O) groups is 1. The van der Waals surface area contributed by atoms with Crippen LogP contribution < -0.4 is 11.1 Å². The number of benzene rings is 1. The van der Waals surface area contributed by atoms with E-state index in [1.54, 1.807) is 0 Å². The van der Waals surface area contributed by atoms with Crippen molar-refractivity contribution in [1.82, 2.24) is 5.32 Å². The lowest BCUT2D eigenvalue weighted by Gasteiger charge is -2.10. The number of rotatable bonds is 3. The van der Waals surface area contributed by atoms with Crippen molar-refractivity contribution in [3.63, 3.8) is 0 Å². The summed E-state index contributed by atoms with van der Waals surface area (Å²) in [6.45, 7) is 0. The van der Waals surface area contributed by atoms with Crippen molar-refractivity contribution < 1.29 is 4.79 Å². The van der Waals surface area contributed by atoms with Gasteiger partial charge in [-0.2, -0.15) is 0 Å². The Labute approximate surface area is 120 Å². The zero-order chi connectivity index (χ0) is 12.5. The number of carbonyl (C=O) groups excluding carboxylic acids is 1. The van der Waals surface area contributed by atoms with Crippen LogP contribution >= 0.6 is 12.4 Å². The maximum atomic E-state index is 12.1. The minimum absolute atomic E-state index is 0. The van der Waals surface area contributed by atoms with Gasteiger partial charge < -0.3 is 11.1 Å². The van der Waals surface area contributed by atoms with Gasteiger partial charge >= 0.3 is 0 Å². The topological polar surface area (TPSA) is 55.1 Å². The smallest absolute Gasteiger partial charge is 0.223 e. The first-order valence-corrected chi connectivity index (χ1v) is 6.85. The Morgan fingerprint density at radius 2 is 1.89 bits per heavy atom. The second-order valence-corrected chi connectivity index (χ2v) is 5.64. The third-order valence-corrected chi connectivity index (χ3v) is 4.19. The fraction of sp³-hybridized carbons (Fsp3) is 0.533. The molecule has 0 bridgehead atoms. The first-order chi connectivity index (χ1) is 8.74. The molecule has 4 heteroatoms. The highest BCUT2D eigenvalue weighted by Crippen LogP contribution is 2.41. The van der Waals surface area contributed by atoms with Crippen LogP contribution in [0.25, 0.3) is 0 Å². The second-order valence-electron chi connectivity index (χ2n) is 5.64. The number of hydrogen-bond acceptors (Lipinski definition) is 2. The van der Waals surface area contributed by atoms with E-state index in [0.717, 1.165) is 25.7 Å². The molecule has 0 radical (unpaired) electrons. The number of amides is 1. The van der Waals surface area contributed by atoms with Gasteiger partial charge in [-0.05, 0) is 31.2 Å². The van der Waals surface area contributed by atoms with Crippen LogP contribution in [0.1, 0.15) is 37.2 Å². The van der Waals surface area contributed by atoms with Crippen LogP contribution in [0, 0.1) is 5.92 Å². The fourth-order valence-electron chi connectivity index (χ4n) is 2.98. The van der Waals surface area contributed by atoms with Gasteiger partial charge in [0, 0.05) is 23.9 Å². The van der Waals surface area contributed by atoms with E-state index in [1.807, 2.05) is 6.07 Å². The zero-order valence-corrected chi connectivity index (χ0v) is 11.7. The summed E-state index contributed by atoms with van der Waals surface area (Å²) in [7, 11) is 0. The molecule has 2 fully saturated rings. The van der Waals surface area contributed by atoms with Crippen molar-refractivity contribution >= 4 is 18.3 Å². The van der Waals surface area contributed by atoms with Crippen molar-refractivity contribution in [2.24, 2.45) is 11.7 Å². The number of hydrogen-bond donors (Lipinski definition) is 2. The van der Waals surface area contributed by atoms with Crippen LogP contribution in [-0.4, -0.2) is 18.0 Å². The molecule has 1 aromatic carbocycles. The molecule has 3 N–H and O–H groups in total. The normalized spacial score (nSPS) is 32.5. The van der Waals surface area contributed by atoms with E-state index < -0.39 is 0 Å². The predicted molar refractivity (Wildman–Crippen MR) is 78.3 cm³/mol. The van der Waals surface area contributed by atoms with E-state index in [2.05, 4.69) is 29.6 Å². The second kappa shape index (κ2) is 5.93. The highest BCUT2D eigenvalue weighted by atomic mass is 35.5. The van der Waals surface area contributed by atoms with E-state index in [0.29, 0.717) is 12.0 Å². The number of nitrogens with one attached hydrogen (secondary N) is 1. The fourth-order valence-corrected chi connectivity index (χ4v) is 2.98. The molecule has 1 amide bonds. The van der Waals surface area contributed by atoms with Gasteiger partial charge in [-0.25, -0.2) is 0 Å². The molecule has 1 aromatic rings. The Morgan fingerprint density at radius 1 is 1.16 bits per heavy atom. The summed E-state index contributed by atoms with van der Waals surface area (Å²) in [5.41, 5.74) is 7.19.